The number of rotatable bonds is 4. The van der Waals surface area contributed by atoms with Crippen LogP contribution in [0.2, 0.25) is 0 Å². The Bertz CT molecular complexity index is 492. The smallest absolute Gasteiger partial charge is 0.224 e. The van der Waals surface area contributed by atoms with Crippen molar-refractivity contribution in [3.05, 3.63) is 29.3 Å². The zero-order valence-corrected chi connectivity index (χ0v) is 13.3. The standard InChI is InChI=1S/C17H26N2O2/c1-12-4-5-16(10-13(12)2)21-15-6-8-19(9-7-15)17(20)11-14(3)18/h4-5,10,14-15H,6-9,11,18H2,1-3H3. The van der Waals surface area contributed by atoms with E-state index < -0.39 is 0 Å². The van der Waals surface area contributed by atoms with Crippen molar-refractivity contribution < 1.29 is 9.53 Å². The number of likely N-dealkylation sites (tertiary alicyclic amines) is 1. The molecule has 1 aliphatic heterocycles. The summed E-state index contributed by atoms with van der Waals surface area (Å²) in [5, 5.41) is 0. The maximum Gasteiger partial charge on any atom is 0.224 e. The van der Waals surface area contributed by atoms with Crippen LogP contribution in [0.25, 0.3) is 0 Å². The molecule has 1 unspecified atom stereocenters. The number of carbonyl (C=O) groups is 1. The molecule has 116 valence electrons. The molecule has 1 saturated heterocycles. The number of amides is 1. The fourth-order valence-corrected chi connectivity index (χ4v) is 2.61. The van der Waals surface area contributed by atoms with E-state index in [1.54, 1.807) is 0 Å². The van der Waals surface area contributed by atoms with Crippen molar-refractivity contribution in [2.75, 3.05) is 13.1 Å². The molecule has 0 saturated carbocycles. The van der Waals surface area contributed by atoms with Crippen molar-refractivity contribution in [2.45, 2.75) is 52.2 Å². The zero-order chi connectivity index (χ0) is 15.4. The van der Waals surface area contributed by atoms with Crippen molar-refractivity contribution in [2.24, 2.45) is 5.73 Å². The first kappa shape index (κ1) is 15.8. The van der Waals surface area contributed by atoms with Crippen LogP contribution in [-0.4, -0.2) is 36.0 Å². The first-order valence-electron chi connectivity index (χ1n) is 7.73. The van der Waals surface area contributed by atoms with Gasteiger partial charge >= 0.3 is 0 Å². The van der Waals surface area contributed by atoms with Crippen LogP contribution in [0.15, 0.2) is 18.2 Å². The monoisotopic (exact) mass is 290 g/mol. The SMILES string of the molecule is Cc1ccc(OC2CCN(C(=O)CC(C)N)CC2)cc1C. The van der Waals surface area contributed by atoms with Crippen molar-refractivity contribution in [3.8, 4) is 5.75 Å². The minimum Gasteiger partial charge on any atom is -0.490 e. The molecule has 1 aliphatic rings. The van der Waals surface area contributed by atoms with Crippen LogP contribution >= 0.6 is 0 Å². The number of ether oxygens (including phenoxy) is 1. The molecule has 0 bridgehead atoms. The Labute approximate surface area is 127 Å². The third-order valence-electron chi connectivity index (χ3n) is 4.07. The van der Waals surface area contributed by atoms with Crippen LogP contribution in [0, 0.1) is 13.8 Å². The van der Waals surface area contributed by atoms with Gasteiger partial charge in [0.1, 0.15) is 11.9 Å². The Kier molecular flexibility index (Phi) is 5.23. The predicted molar refractivity (Wildman–Crippen MR) is 84.4 cm³/mol. The number of piperidine rings is 1. The summed E-state index contributed by atoms with van der Waals surface area (Å²) in [5.74, 6) is 1.09. The number of hydrogen-bond donors (Lipinski definition) is 1. The van der Waals surface area contributed by atoms with E-state index in [9.17, 15) is 4.79 Å². The third kappa shape index (κ3) is 4.46. The largest absolute Gasteiger partial charge is 0.490 e. The van der Waals surface area contributed by atoms with Crippen LogP contribution in [0.4, 0.5) is 0 Å². The Hall–Kier alpha value is -1.55. The van der Waals surface area contributed by atoms with Crippen LogP contribution in [-0.2, 0) is 4.79 Å². The van der Waals surface area contributed by atoms with Crippen LogP contribution in [0.3, 0.4) is 0 Å². The quantitative estimate of drug-likeness (QED) is 0.926. The molecule has 0 aromatic heterocycles. The Morgan fingerprint density at radius 3 is 2.57 bits per heavy atom. The maximum atomic E-state index is 12.0. The number of aryl methyl sites for hydroxylation is 2. The van der Waals surface area contributed by atoms with E-state index in [1.807, 2.05) is 17.9 Å². The lowest BCUT2D eigenvalue weighted by Crippen LogP contribution is -2.43. The van der Waals surface area contributed by atoms with E-state index in [2.05, 4.69) is 26.0 Å². The van der Waals surface area contributed by atoms with Gasteiger partial charge in [-0.05, 0) is 44.0 Å². The molecule has 0 radical (unpaired) electrons. The molecule has 1 aromatic rings. The first-order chi connectivity index (χ1) is 9.95. The highest BCUT2D eigenvalue weighted by atomic mass is 16.5. The van der Waals surface area contributed by atoms with Crippen molar-refractivity contribution in [3.63, 3.8) is 0 Å². The fourth-order valence-electron chi connectivity index (χ4n) is 2.61. The summed E-state index contributed by atoms with van der Waals surface area (Å²) in [6.07, 6.45) is 2.41. The van der Waals surface area contributed by atoms with Crippen molar-refractivity contribution in [1.82, 2.24) is 4.90 Å². The van der Waals surface area contributed by atoms with Gasteiger partial charge in [-0.3, -0.25) is 4.79 Å². The molecule has 2 rings (SSSR count). The summed E-state index contributed by atoms with van der Waals surface area (Å²) >= 11 is 0. The molecule has 4 heteroatoms. The van der Waals surface area contributed by atoms with E-state index in [-0.39, 0.29) is 18.1 Å². The van der Waals surface area contributed by atoms with Gasteiger partial charge in [-0.15, -0.1) is 0 Å². The Morgan fingerprint density at radius 1 is 1.33 bits per heavy atom. The van der Waals surface area contributed by atoms with Gasteiger partial charge in [-0.2, -0.15) is 0 Å². The molecular weight excluding hydrogens is 264 g/mol. The fraction of sp³-hybridized carbons (Fsp3) is 0.588. The number of hydrogen-bond acceptors (Lipinski definition) is 3. The van der Waals surface area contributed by atoms with Crippen LogP contribution in [0.5, 0.6) is 5.75 Å². The Balaban J connectivity index is 1.84. The lowest BCUT2D eigenvalue weighted by molar-refractivity contribution is -0.133. The van der Waals surface area contributed by atoms with Gasteiger partial charge < -0.3 is 15.4 Å². The summed E-state index contributed by atoms with van der Waals surface area (Å²) in [6.45, 7) is 7.59. The zero-order valence-electron chi connectivity index (χ0n) is 13.3. The molecule has 0 spiro atoms. The topological polar surface area (TPSA) is 55.6 Å². The van der Waals surface area contributed by atoms with E-state index >= 15 is 0 Å². The third-order valence-corrected chi connectivity index (χ3v) is 4.07. The molecule has 1 heterocycles. The maximum absolute atomic E-state index is 12.0. The average molecular weight is 290 g/mol. The molecule has 21 heavy (non-hydrogen) atoms. The highest BCUT2D eigenvalue weighted by Crippen LogP contribution is 2.22. The summed E-state index contributed by atoms with van der Waals surface area (Å²) in [7, 11) is 0. The second-order valence-electron chi connectivity index (χ2n) is 6.13. The predicted octanol–water partition coefficient (Wildman–Crippen LogP) is 2.41. The average Bonchev–Trinajstić information content (AvgIpc) is 2.43. The summed E-state index contributed by atoms with van der Waals surface area (Å²) in [4.78, 5) is 13.9. The van der Waals surface area contributed by atoms with Crippen LogP contribution < -0.4 is 10.5 Å². The van der Waals surface area contributed by atoms with Gasteiger partial charge in [-0.1, -0.05) is 6.07 Å². The number of carbonyl (C=O) groups excluding carboxylic acids is 1. The second-order valence-corrected chi connectivity index (χ2v) is 6.13. The summed E-state index contributed by atoms with van der Waals surface area (Å²) in [6, 6.07) is 6.13. The molecule has 1 amide bonds. The van der Waals surface area contributed by atoms with Crippen molar-refractivity contribution >= 4 is 5.91 Å². The minimum atomic E-state index is -0.0676. The molecule has 1 atom stereocenters. The molecular formula is C17H26N2O2. The molecule has 1 aromatic carbocycles. The Morgan fingerprint density at radius 2 is 2.00 bits per heavy atom. The normalized spacial score (nSPS) is 17.6. The van der Waals surface area contributed by atoms with Gasteiger partial charge in [0.2, 0.25) is 5.91 Å². The number of benzene rings is 1. The van der Waals surface area contributed by atoms with Gasteiger partial charge in [0.05, 0.1) is 0 Å². The second kappa shape index (κ2) is 6.94. The minimum absolute atomic E-state index is 0.0676. The van der Waals surface area contributed by atoms with E-state index in [4.69, 9.17) is 10.5 Å². The molecule has 4 nitrogen and oxygen atoms in total. The molecule has 0 aliphatic carbocycles. The molecule has 1 fully saturated rings. The van der Waals surface area contributed by atoms with Gasteiger partial charge in [-0.25, -0.2) is 0 Å². The van der Waals surface area contributed by atoms with Gasteiger partial charge in [0.25, 0.3) is 0 Å². The lowest BCUT2D eigenvalue weighted by Gasteiger charge is -2.32. The number of nitrogens with zero attached hydrogens (tertiary/aromatic N) is 1. The highest BCUT2D eigenvalue weighted by molar-refractivity contribution is 5.76. The lowest BCUT2D eigenvalue weighted by atomic mass is 10.1. The summed E-state index contributed by atoms with van der Waals surface area (Å²) < 4.78 is 6.04. The molecule has 2 N–H and O–H groups in total. The highest BCUT2D eigenvalue weighted by Gasteiger charge is 2.24. The number of nitrogens with two attached hydrogens (primary N) is 1. The van der Waals surface area contributed by atoms with E-state index in [0.717, 1.165) is 31.7 Å². The van der Waals surface area contributed by atoms with Gasteiger partial charge in [0.15, 0.2) is 0 Å². The van der Waals surface area contributed by atoms with E-state index in [1.165, 1.54) is 11.1 Å². The van der Waals surface area contributed by atoms with Crippen LogP contribution in [0.1, 0.15) is 37.3 Å². The van der Waals surface area contributed by atoms with E-state index in [0.29, 0.717) is 6.42 Å². The summed E-state index contributed by atoms with van der Waals surface area (Å²) in [5.41, 5.74) is 8.21. The van der Waals surface area contributed by atoms with Crippen molar-refractivity contribution in [1.29, 1.82) is 0 Å². The van der Waals surface area contributed by atoms with Gasteiger partial charge in [0, 0.05) is 38.4 Å². The first-order valence-corrected chi connectivity index (χ1v) is 7.73.